The molecule has 3 rings (SSSR count). The number of amides is 1. The molecule has 154 valence electrons. The van der Waals surface area contributed by atoms with Gasteiger partial charge in [0, 0.05) is 24.5 Å². The van der Waals surface area contributed by atoms with Crippen LogP contribution in [0.4, 0.5) is 11.5 Å². The zero-order valence-corrected chi connectivity index (χ0v) is 16.9. The lowest BCUT2D eigenvalue weighted by Crippen LogP contribution is -2.41. The summed E-state index contributed by atoms with van der Waals surface area (Å²) in [6, 6.07) is 1.82. The molecule has 0 fully saturated rings. The molecule has 0 spiro atoms. The van der Waals surface area contributed by atoms with Crippen molar-refractivity contribution in [2.45, 2.75) is 47.1 Å². The summed E-state index contributed by atoms with van der Waals surface area (Å²) < 4.78 is 2.73. The second-order valence-corrected chi connectivity index (χ2v) is 6.73. The number of nitrogen functional groups attached to an aromatic ring is 1. The Morgan fingerprint density at radius 1 is 1.24 bits per heavy atom. The largest absolute Gasteiger partial charge is 0.383 e. The van der Waals surface area contributed by atoms with Crippen molar-refractivity contribution in [3.05, 3.63) is 44.1 Å². The van der Waals surface area contributed by atoms with Crippen molar-refractivity contribution in [3.63, 3.8) is 0 Å². The number of nitrogens with one attached hydrogen (secondary N) is 1. The van der Waals surface area contributed by atoms with Crippen LogP contribution >= 0.6 is 0 Å². The maximum Gasteiger partial charge on any atom is 0.330 e. The molecule has 3 aromatic rings. The van der Waals surface area contributed by atoms with E-state index < -0.39 is 17.2 Å². The van der Waals surface area contributed by atoms with Gasteiger partial charge in [0.25, 0.3) is 17.2 Å². The van der Waals surface area contributed by atoms with Crippen molar-refractivity contribution in [1.29, 1.82) is 0 Å². The fourth-order valence-corrected chi connectivity index (χ4v) is 3.16. The summed E-state index contributed by atoms with van der Waals surface area (Å²) in [5, 5.41) is 4.23. The third-order valence-corrected chi connectivity index (χ3v) is 4.59. The Morgan fingerprint density at radius 2 is 1.97 bits per heavy atom. The van der Waals surface area contributed by atoms with Gasteiger partial charge in [0.1, 0.15) is 5.82 Å². The first-order valence-corrected chi connectivity index (χ1v) is 9.43. The van der Waals surface area contributed by atoms with E-state index in [9.17, 15) is 14.4 Å². The predicted molar refractivity (Wildman–Crippen MR) is 108 cm³/mol. The molecular weight excluding hydrogens is 376 g/mol. The van der Waals surface area contributed by atoms with Gasteiger partial charge in [0.2, 0.25) is 5.82 Å². The predicted octanol–water partition coefficient (Wildman–Crippen LogP) is 0.640. The fraction of sp³-hybridized carbons (Fsp3) is 0.444. The Hall–Kier alpha value is -3.50. The highest BCUT2D eigenvalue weighted by Gasteiger charge is 2.27. The molecule has 3 heterocycles. The number of nitrogens with zero attached hydrogens (tertiary/aromatic N) is 6. The number of fused-ring (bicyclic) bond motifs is 1. The molecule has 0 unspecified atom stereocenters. The molecule has 0 bridgehead atoms. The molecular formula is C18H24N8O3. The molecule has 0 aromatic carbocycles. The molecule has 11 nitrogen and oxygen atoms in total. The average molecular weight is 400 g/mol. The normalized spacial score (nSPS) is 11.2. The third kappa shape index (κ3) is 3.62. The molecule has 3 aromatic heterocycles. The lowest BCUT2D eigenvalue weighted by Gasteiger charge is -2.21. The van der Waals surface area contributed by atoms with Gasteiger partial charge in [-0.2, -0.15) is 4.98 Å². The van der Waals surface area contributed by atoms with Gasteiger partial charge in [-0.15, -0.1) is 5.10 Å². The summed E-state index contributed by atoms with van der Waals surface area (Å²) in [6.45, 7) is 7.80. The maximum absolute atomic E-state index is 13.1. The first kappa shape index (κ1) is 20.2. The van der Waals surface area contributed by atoms with Crippen LogP contribution in [-0.4, -0.2) is 41.6 Å². The SMILES string of the molecule is CCCCn1c(N)c(N(CC)C(=O)c2nc3nc(C)cc(C)n3n2)c(=O)[nH]c1=O. The van der Waals surface area contributed by atoms with Crippen molar-refractivity contribution < 1.29 is 4.79 Å². The van der Waals surface area contributed by atoms with Gasteiger partial charge in [0.15, 0.2) is 5.69 Å². The van der Waals surface area contributed by atoms with E-state index in [1.807, 2.05) is 26.8 Å². The van der Waals surface area contributed by atoms with Crippen LogP contribution in [0.25, 0.3) is 5.78 Å². The number of rotatable bonds is 6. The van der Waals surface area contributed by atoms with Gasteiger partial charge in [-0.05, 0) is 33.3 Å². The van der Waals surface area contributed by atoms with Crippen molar-refractivity contribution in [2.75, 3.05) is 17.2 Å². The van der Waals surface area contributed by atoms with Crippen molar-refractivity contribution in [2.24, 2.45) is 0 Å². The number of hydrogen-bond acceptors (Lipinski definition) is 7. The molecule has 0 aliphatic heterocycles. The third-order valence-electron chi connectivity index (χ3n) is 4.59. The quantitative estimate of drug-likeness (QED) is 0.618. The van der Waals surface area contributed by atoms with Gasteiger partial charge in [-0.1, -0.05) is 13.3 Å². The lowest BCUT2D eigenvalue weighted by atomic mass is 10.3. The molecule has 11 heteroatoms. The monoisotopic (exact) mass is 400 g/mol. The molecule has 0 atom stereocenters. The summed E-state index contributed by atoms with van der Waals surface area (Å²) in [5.74, 6) is -0.487. The highest BCUT2D eigenvalue weighted by Crippen LogP contribution is 2.19. The molecule has 0 aliphatic rings. The maximum atomic E-state index is 13.1. The van der Waals surface area contributed by atoms with Gasteiger partial charge < -0.3 is 5.73 Å². The van der Waals surface area contributed by atoms with E-state index in [-0.39, 0.29) is 29.7 Å². The van der Waals surface area contributed by atoms with Crippen LogP contribution in [-0.2, 0) is 6.54 Å². The number of unbranched alkanes of at least 4 members (excludes halogenated alkanes) is 1. The highest BCUT2D eigenvalue weighted by atomic mass is 16.2. The smallest absolute Gasteiger partial charge is 0.330 e. The van der Waals surface area contributed by atoms with Crippen LogP contribution < -0.4 is 21.9 Å². The fourth-order valence-electron chi connectivity index (χ4n) is 3.16. The van der Waals surface area contributed by atoms with E-state index in [0.29, 0.717) is 13.0 Å². The summed E-state index contributed by atoms with van der Waals surface area (Å²) in [6.07, 6.45) is 1.54. The number of carbonyl (C=O) groups is 1. The molecule has 29 heavy (non-hydrogen) atoms. The van der Waals surface area contributed by atoms with E-state index in [4.69, 9.17) is 5.73 Å². The second-order valence-electron chi connectivity index (χ2n) is 6.73. The number of aromatic nitrogens is 6. The first-order chi connectivity index (χ1) is 13.8. The number of carbonyl (C=O) groups excluding carboxylic acids is 1. The Bertz CT molecular complexity index is 1190. The van der Waals surface area contributed by atoms with Crippen LogP contribution in [0.2, 0.25) is 0 Å². The van der Waals surface area contributed by atoms with Crippen molar-refractivity contribution in [3.8, 4) is 0 Å². The summed E-state index contributed by atoms with van der Waals surface area (Å²) in [4.78, 5) is 49.7. The number of nitrogens with two attached hydrogens (primary N) is 1. The minimum absolute atomic E-state index is 0.0590. The van der Waals surface area contributed by atoms with Crippen LogP contribution in [0.1, 0.15) is 48.7 Å². The Morgan fingerprint density at radius 3 is 2.62 bits per heavy atom. The molecule has 0 saturated carbocycles. The molecule has 0 saturated heterocycles. The standard InChI is InChI=1S/C18H24N8O3/c1-5-7-8-25-13(19)12(15(27)22-18(25)29)24(6-2)16(28)14-21-17-20-10(3)9-11(4)26(17)23-14/h9H,5-8,19H2,1-4H3,(H,22,27,29). The molecule has 1 amide bonds. The number of H-pyrrole nitrogens is 1. The molecule has 0 aliphatic carbocycles. The topological polar surface area (TPSA) is 144 Å². The minimum Gasteiger partial charge on any atom is -0.383 e. The van der Waals surface area contributed by atoms with Crippen LogP contribution in [0, 0.1) is 13.8 Å². The van der Waals surface area contributed by atoms with Gasteiger partial charge in [0.05, 0.1) is 0 Å². The Kier molecular flexibility index (Phi) is 5.48. The number of aryl methyl sites for hydroxylation is 2. The highest BCUT2D eigenvalue weighted by molar-refractivity contribution is 6.05. The van der Waals surface area contributed by atoms with E-state index in [0.717, 1.165) is 17.8 Å². The number of anilines is 2. The Labute approximate surface area is 166 Å². The minimum atomic E-state index is -0.732. The van der Waals surface area contributed by atoms with Crippen molar-refractivity contribution >= 4 is 23.2 Å². The van der Waals surface area contributed by atoms with E-state index in [1.54, 1.807) is 6.92 Å². The molecule has 0 radical (unpaired) electrons. The van der Waals surface area contributed by atoms with Gasteiger partial charge in [-0.25, -0.2) is 14.3 Å². The first-order valence-electron chi connectivity index (χ1n) is 9.43. The van der Waals surface area contributed by atoms with E-state index >= 15 is 0 Å². The van der Waals surface area contributed by atoms with Crippen LogP contribution in [0.15, 0.2) is 15.7 Å². The Balaban J connectivity index is 2.10. The average Bonchev–Trinajstić information content (AvgIpc) is 3.08. The van der Waals surface area contributed by atoms with Crippen molar-refractivity contribution in [1.82, 2.24) is 29.1 Å². The summed E-state index contributed by atoms with van der Waals surface area (Å²) in [7, 11) is 0. The van der Waals surface area contributed by atoms with Gasteiger partial charge >= 0.3 is 5.69 Å². The van der Waals surface area contributed by atoms with Crippen LogP contribution in [0.3, 0.4) is 0 Å². The number of aromatic amines is 1. The number of hydrogen-bond donors (Lipinski definition) is 2. The lowest BCUT2D eigenvalue weighted by molar-refractivity contribution is 0.0978. The van der Waals surface area contributed by atoms with E-state index in [2.05, 4.69) is 20.1 Å². The zero-order chi connectivity index (χ0) is 21.3. The second kappa shape index (κ2) is 7.86. The summed E-state index contributed by atoms with van der Waals surface area (Å²) in [5.41, 5.74) is 6.22. The van der Waals surface area contributed by atoms with E-state index in [1.165, 1.54) is 14.0 Å². The summed E-state index contributed by atoms with van der Waals surface area (Å²) >= 11 is 0. The zero-order valence-electron chi connectivity index (χ0n) is 16.9. The van der Waals surface area contributed by atoms with Crippen LogP contribution in [0.5, 0.6) is 0 Å². The molecule has 3 N–H and O–H groups in total. The van der Waals surface area contributed by atoms with Gasteiger partial charge in [-0.3, -0.25) is 24.0 Å².